The lowest BCUT2D eigenvalue weighted by molar-refractivity contribution is 0.0598. The summed E-state index contributed by atoms with van der Waals surface area (Å²) in [7, 11) is 4.13. The summed E-state index contributed by atoms with van der Waals surface area (Å²) in [4.78, 5) is 23.5. The van der Waals surface area contributed by atoms with Crippen LogP contribution >= 0.6 is 0 Å². The van der Waals surface area contributed by atoms with Gasteiger partial charge in [-0.05, 0) is 35.9 Å². The molecule has 0 fully saturated rings. The van der Waals surface area contributed by atoms with Crippen LogP contribution in [0, 0.1) is 0 Å². The van der Waals surface area contributed by atoms with Crippen molar-refractivity contribution in [2.45, 2.75) is 6.61 Å². The Morgan fingerprint density at radius 3 is 1.79 bits per heavy atom. The number of carbonyl (C=O) groups is 2. The van der Waals surface area contributed by atoms with Gasteiger partial charge in [-0.2, -0.15) is 0 Å². The Labute approximate surface area is 139 Å². The first-order chi connectivity index (χ1) is 11.6. The SMILES string of the molecule is COC(=O)c1cc(OCc2ccc(OC)cc2)cc(C(=O)OC)c1. The van der Waals surface area contributed by atoms with Gasteiger partial charge in [-0.1, -0.05) is 12.1 Å². The van der Waals surface area contributed by atoms with Crippen molar-refractivity contribution >= 4 is 11.9 Å². The van der Waals surface area contributed by atoms with E-state index < -0.39 is 11.9 Å². The van der Waals surface area contributed by atoms with Gasteiger partial charge in [0.25, 0.3) is 0 Å². The molecule has 0 spiro atoms. The fourth-order valence-electron chi connectivity index (χ4n) is 2.04. The highest BCUT2D eigenvalue weighted by Crippen LogP contribution is 2.21. The lowest BCUT2D eigenvalue weighted by Gasteiger charge is -2.10. The molecule has 0 bridgehead atoms. The first kappa shape index (κ1) is 17.3. The minimum Gasteiger partial charge on any atom is -0.497 e. The lowest BCUT2D eigenvalue weighted by atomic mass is 10.1. The third kappa shape index (κ3) is 4.25. The number of esters is 2. The summed E-state index contributed by atoms with van der Waals surface area (Å²) in [5.74, 6) is -0.00126. The summed E-state index contributed by atoms with van der Waals surface area (Å²) in [6.07, 6.45) is 0. The molecule has 0 amide bonds. The van der Waals surface area contributed by atoms with Crippen LogP contribution in [0.25, 0.3) is 0 Å². The number of methoxy groups -OCH3 is 3. The number of carbonyl (C=O) groups excluding carboxylic acids is 2. The zero-order valence-corrected chi connectivity index (χ0v) is 13.7. The second-order valence-electron chi connectivity index (χ2n) is 4.87. The second kappa shape index (κ2) is 8.01. The van der Waals surface area contributed by atoms with Crippen LogP contribution in [-0.4, -0.2) is 33.3 Å². The zero-order valence-electron chi connectivity index (χ0n) is 13.7. The maximum atomic E-state index is 11.7. The Kier molecular flexibility index (Phi) is 5.78. The first-order valence-corrected chi connectivity index (χ1v) is 7.15. The monoisotopic (exact) mass is 330 g/mol. The van der Waals surface area contributed by atoms with E-state index in [0.717, 1.165) is 11.3 Å². The Hall–Kier alpha value is -3.02. The van der Waals surface area contributed by atoms with Crippen molar-refractivity contribution in [3.63, 3.8) is 0 Å². The summed E-state index contributed by atoms with van der Waals surface area (Å²) in [5, 5.41) is 0. The summed E-state index contributed by atoms with van der Waals surface area (Å²) in [5.41, 5.74) is 1.34. The molecule has 126 valence electrons. The van der Waals surface area contributed by atoms with Gasteiger partial charge in [0.2, 0.25) is 0 Å². The van der Waals surface area contributed by atoms with Gasteiger partial charge in [0.1, 0.15) is 18.1 Å². The Balaban J connectivity index is 2.20. The van der Waals surface area contributed by atoms with Gasteiger partial charge in [-0.15, -0.1) is 0 Å². The fraction of sp³-hybridized carbons (Fsp3) is 0.222. The van der Waals surface area contributed by atoms with Gasteiger partial charge in [-0.3, -0.25) is 0 Å². The van der Waals surface area contributed by atoms with Crippen molar-refractivity contribution in [3.8, 4) is 11.5 Å². The number of hydrogen-bond acceptors (Lipinski definition) is 6. The molecular weight excluding hydrogens is 312 g/mol. The first-order valence-electron chi connectivity index (χ1n) is 7.15. The molecule has 0 aliphatic carbocycles. The molecule has 0 aliphatic heterocycles. The maximum Gasteiger partial charge on any atom is 0.338 e. The van der Waals surface area contributed by atoms with Crippen LogP contribution in [0.2, 0.25) is 0 Å². The van der Waals surface area contributed by atoms with Crippen molar-refractivity contribution in [2.24, 2.45) is 0 Å². The Morgan fingerprint density at radius 2 is 1.33 bits per heavy atom. The molecule has 0 atom stereocenters. The van der Waals surface area contributed by atoms with Gasteiger partial charge in [0.15, 0.2) is 0 Å². The van der Waals surface area contributed by atoms with Gasteiger partial charge in [-0.25, -0.2) is 9.59 Å². The smallest absolute Gasteiger partial charge is 0.338 e. The summed E-state index contributed by atoms with van der Waals surface area (Å²) in [6, 6.07) is 11.8. The zero-order chi connectivity index (χ0) is 17.5. The summed E-state index contributed by atoms with van der Waals surface area (Å²) >= 11 is 0. The highest BCUT2D eigenvalue weighted by Gasteiger charge is 2.14. The van der Waals surface area contributed by atoms with E-state index in [2.05, 4.69) is 9.47 Å². The summed E-state index contributed by atoms with van der Waals surface area (Å²) in [6.45, 7) is 0.273. The van der Waals surface area contributed by atoms with Gasteiger partial charge in [0, 0.05) is 0 Å². The molecule has 0 heterocycles. The highest BCUT2D eigenvalue weighted by molar-refractivity contribution is 5.96. The van der Waals surface area contributed by atoms with Crippen molar-refractivity contribution in [1.82, 2.24) is 0 Å². The van der Waals surface area contributed by atoms with Crippen LogP contribution < -0.4 is 9.47 Å². The molecule has 2 aromatic carbocycles. The standard InChI is InChI=1S/C18H18O6/c1-21-15-6-4-12(5-7-15)11-24-16-9-13(17(19)22-2)8-14(10-16)18(20)23-3/h4-10H,11H2,1-3H3. The second-order valence-corrected chi connectivity index (χ2v) is 4.87. The van der Waals surface area contributed by atoms with E-state index in [1.807, 2.05) is 24.3 Å². The third-order valence-corrected chi connectivity index (χ3v) is 3.31. The van der Waals surface area contributed by atoms with E-state index in [1.165, 1.54) is 32.4 Å². The molecule has 6 heteroatoms. The van der Waals surface area contributed by atoms with Crippen LogP contribution in [0.1, 0.15) is 26.3 Å². The van der Waals surface area contributed by atoms with Crippen molar-refractivity contribution in [1.29, 1.82) is 0 Å². The van der Waals surface area contributed by atoms with E-state index in [0.29, 0.717) is 5.75 Å². The maximum absolute atomic E-state index is 11.7. The summed E-state index contributed by atoms with van der Waals surface area (Å²) < 4.78 is 20.2. The van der Waals surface area contributed by atoms with Gasteiger partial charge < -0.3 is 18.9 Å². The highest BCUT2D eigenvalue weighted by atomic mass is 16.5. The topological polar surface area (TPSA) is 71.1 Å². The quantitative estimate of drug-likeness (QED) is 0.759. The normalized spacial score (nSPS) is 9.96. The minimum atomic E-state index is -0.560. The van der Waals surface area contributed by atoms with E-state index >= 15 is 0 Å². The Bertz CT molecular complexity index is 687. The molecule has 24 heavy (non-hydrogen) atoms. The molecule has 0 aliphatic rings. The van der Waals surface area contributed by atoms with Gasteiger partial charge in [0.05, 0.1) is 32.5 Å². The Morgan fingerprint density at radius 1 is 0.792 bits per heavy atom. The molecule has 0 radical (unpaired) electrons. The third-order valence-electron chi connectivity index (χ3n) is 3.31. The van der Waals surface area contributed by atoms with Crippen LogP contribution in [0.3, 0.4) is 0 Å². The van der Waals surface area contributed by atoms with E-state index in [-0.39, 0.29) is 17.7 Å². The molecule has 6 nitrogen and oxygen atoms in total. The molecule has 0 saturated heterocycles. The average molecular weight is 330 g/mol. The minimum absolute atomic E-state index is 0.213. The number of rotatable bonds is 6. The number of hydrogen-bond donors (Lipinski definition) is 0. The van der Waals surface area contributed by atoms with Crippen molar-refractivity contribution in [2.75, 3.05) is 21.3 Å². The largest absolute Gasteiger partial charge is 0.497 e. The van der Waals surface area contributed by atoms with Crippen molar-refractivity contribution in [3.05, 3.63) is 59.2 Å². The van der Waals surface area contributed by atoms with E-state index in [1.54, 1.807) is 7.11 Å². The molecular formula is C18H18O6. The fourth-order valence-corrected chi connectivity index (χ4v) is 2.04. The van der Waals surface area contributed by atoms with Crippen LogP contribution in [0.5, 0.6) is 11.5 Å². The van der Waals surface area contributed by atoms with E-state index in [9.17, 15) is 9.59 Å². The lowest BCUT2D eigenvalue weighted by Crippen LogP contribution is -2.07. The predicted octanol–water partition coefficient (Wildman–Crippen LogP) is 2.85. The van der Waals surface area contributed by atoms with Gasteiger partial charge >= 0.3 is 11.9 Å². The number of benzene rings is 2. The number of ether oxygens (including phenoxy) is 4. The van der Waals surface area contributed by atoms with E-state index in [4.69, 9.17) is 9.47 Å². The predicted molar refractivity (Wildman–Crippen MR) is 86.4 cm³/mol. The van der Waals surface area contributed by atoms with Crippen molar-refractivity contribution < 1.29 is 28.5 Å². The molecule has 0 N–H and O–H groups in total. The van der Waals surface area contributed by atoms with Crippen LogP contribution in [0.4, 0.5) is 0 Å². The molecule has 0 aromatic heterocycles. The molecule has 0 unspecified atom stereocenters. The molecule has 2 aromatic rings. The van der Waals surface area contributed by atoms with Crippen LogP contribution in [0.15, 0.2) is 42.5 Å². The average Bonchev–Trinajstić information content (AvgIpc) is 2.65. The van der Waals surface area contributed by atoms with Crippen LogP contribution in [-0.2, 0) is 16.1 Å². The molecule has 0 saturated carbocycles. The molecule has 2 rings (SSSR count).